The van der Waals surface area contributed by atoms with Crippen LogP contribution in [0.4, 0.5) is 0 Å². The lowest BCUT2D eigenvalue weighted by Gasteiger charge is -2.22. The summed E-state index contributed by atoms with van der Waals surface area (Å²) in [6.45, 7) is 6.78. The van der Waals surface area contributed by atoms with Gasteiger partial charge in [0.15, 0.2) is 6.10 Å². The molecule has 0 aliphatic carbocycles. The number of aliphatic hydroxyl groups excluding tert-OH is 1. The molecule has 0 bridgehead atoms. The summed E-state index contributed by atoms with van der Waals surface area (Å²) in [7, 11) is 0. The molecule has 0 spiro atoms. The van der Waals surface area contributed by atoms with E-state index in [9.17, 15) is 5.11 Å². The molecular weight excluding hydrogens is 336 g/mol. The first kappa shape index (κ1) is 19.2. The number of benzene rings is 2. The van der Waals surface area contributed by atoms with Gasteiger partial charge in [-0.15, -0.1) is 0 Å². The van der Waals surface area contributed by atoms with Crippen LogP contribution in [0.3, 0.4) is 0 Å². The number of hydrogen-bond donors (Lipinski definition) is 1. The predicted molar refractivity (Wildman–Crippen MR) is 108 cm³/mol. The summed E-state index contributed by atoms with van der Waals surface area (Å²) in [5.74, 6) is 6.80. The fourth-order valence-electron chi connectivity index (χ4n) is 2.91. The molecule has 0 amide bonds. The van der Waals surface area contributed by atoms with Crippen LogP contribution in [0.25, 0.3) is 0 Å². The molecule has 0 unspecified atom stereocenters. The summed E-state index contributed by atoms with van der Waals surface area (Å²) in [5.41, 5.74) is 2.30. The number of hydrogen-bond acceptors (Lipinski definition) is 3. The fraction of sp³-hybridized carbons (Fsp3) is 0.333. The van der Waals surface area contributed by atoms with Crippen molar-refractivity contribution in [3.8, 4) is 17.6 Å². The van der Waals surface area contributed by atoms with Crippen molar-refractivity contribution in [2.24, 2.45) is 0 Å². The van der Waals surface area contributed by atoms with Crippen LogP contribution in [0.15, 0.2) is 66.7 Å². The summed E-state index contributed by atoms with van der Waals surface area (Å²) in [6, 6.07) is 17.8. The molecule has 0 saturated carbocycles. The van der Waals surface area contributed by atoms with Crippen LogP contribution in [0.1, 0.15) is 31.9 Å². The van der Waals surface area contributed by atoms with Crippen molar-refractivity contribution in [1.82, 2.24) is 0 Å². The second-order valence-corrected chi connectivity index (χ2v) is 7.72. The molecule has 140 valence electrons. The van der Waals surface area contributed by atoms with Gasteiger partial charge in [-0.3, -0.25) is 0 Å². The lowest BCUT2D eigenvalue weighted by atomic mass is 9.87. The van der Waals surface area contributed by atoms with Crippen LogP contribution >= 0.6 is 0 Å². The largest absolute Gasteiger partial charge is 0.485 e. The van der Waals surface area contributed by atoms with E-state index in [0.29, 0.717) is 0 Å². The van der Waals surface area contributed by atoms with Gasteiger partial charge in [0.2, 0.25) is 0 Å². The van der Waals surface area contributed by atoms with Crippen LogP contribution in [0, 0.1) is 11.8 Å². The van der Waals surface area contributed by atoms with Crippen molar-refractivity contribution in [3.63, 3.8) is 0 Å². The average molecular weight is 362 g/mol. The topological polar surface area (TPSA) is 38.7 Å². The Morgan fingerprint density at radius 1 is 1.07 bits per heavy atom. The van der Waals surface area contributed by atoms with Crippen molar-refractivity contribution < 1.29 is 14.6 Å². The molecule has 3 nitrogen and oxygen atoms in total. The number of ether oxygens (including phenoxy) is 2. The zero-order valence-electron chi connectivity index (χ0n) is 16.1. The molecule has 0 aromatic heterocycles. The van der Waals surface area contributed by atoms with Gasteiger partial charge in [0.05, 0.1) is 6.61 Å². The Bertz CT molecular complexity index is 820. The maximum atomic E-state index is 10.2. The standard InChI is InChI=1S/C24H26O3/c1-24(2,3)19-13-15-20(16-14-19)27-23-21(25)17-26-22(23)12-8-7-11-18-9-5-4-6-10-18/h4-6,8-10,12-16,21-23,25H,17H2,1-3H3/t21-,22+,23-/m1/s1. The summed E-state index contributed by atoms with van der Waals surface area (Å²) < 4.78 is 11.7. The predicted octanol–water partition coefficient (Wildman–Crippen LogP) is 4.10. The first-order valence-corrected chi connectivity index (χ1v) is 9.23. The molecule has 1 aliphatic rings. The average Bonchev–Trinajstić information content (AvgIpc) is 2.99. The maximum Gasteiger partial charge on any atom is 0.156 e. The fourth-order valence-corrected chi connectivity index (χ4v) is 2.91. The van der Waals surface area contributed by atoms with Crippen LogP contribution in [-0.2, 0) is 10.2 Å². The van der Waals surface area contributed by atoms with Gasteiger partial charge < -0.3 is 14.6 Å². The molecule has 1 saturated heterocycles. The molecule has 2 aromatic carbocycles. The van der Waals surface area contributed by atoms with Gasteiger partial charge >= 0.3 is 0 Å². The first-order chi connectivity index (χ1) is 12.9. The Morgan fingerprint density at radius 2 is 1.78 bits per heavy atom. The molecule has 3 heteroatoms. The third-order valence-corrected chi connectivity index (χ3v) is 4.51. The number of aliphatic hydroxyl groups is 1. The Kier molecular flexibility index (Phi) is 6.01. The molecular formula is C24H26O3. The van der Waals surface area contributed by atoms with E-state index in [0.717, 1.165) is 11.3 Å². The van der Waals surface area contributed by atoms with E-state index in [4.69, 9.17) is 9.47 Å². The van der Waals surface area contributed by atoms with E-state index in [1.807, 2.05) is 48.5 Å². The van der Waals surface area contributed by atoms with Crippen LogP contribution in [0.2, 0.25) is 0 Å². The highest BCUT2D eigenvalue weighted by Gasteiger charge is 2.36. The minimum atomic E-state index is -0.663. The lowest BCUT2D eigenvalue weighted by molar-refractivity contribution is 0.0610. The van der Waals surface area contributed by atoms with Crippen LogP contribution in [-0.4, -0.2) is 30.0 Å². The Labute approximate surface area is 161 Å². The second-order valence-electron chi connectivity index (χ2n) is 7.72. The minimum absolute atomic E-state index is 0.0945. The highest BCUT2D eigenvalue weighted by molar-refractivity contribution is 5.37. The SMILES string of the molecule is CC(C)(C)c1ccc(O[C@@H]2[C@H](O)CO[C@H]2C=CC#Cc2ccccc2)cc1. The number of rotatable bonds is 3. The zero-order valence-corrected chi connectivity index (χ0v) is 16.1. The summed E-state index contributed by atoms with van der Waals surface area (Å²) in [5, 5.41) is 10.2. The minimum Gasteiger partial charge on any atom is -0.485 e. The van der Waals surface area contributed by atoms with Crippen LogP contribution in [0.5, 0.6) is 5.75 Å². The van der Waals surface area contributed by atoms with Crippen molar-refractivity contribution in [3.05, 3.63) is 77.9 Å². The second kappa shape index (κ2) is 8.43. The van der Waals surface area contributed by atoms with E-state index in [2.05, 4.69) is 44.7 Å². The monoisotopic (exact) mass is 362 g/mol. The highest BCUT2D eigenvalue weighted by Crippen LogP contribution is 2.27. The lowest BCUT2D eigenvalue weighted by Crippen LogP contribution is -2.35. The van der Waals surface area contributed by atoms with Gasteiger partial charge in [-0.05, 0) is 47.4 Å². The molecule has 1 N–H and O–H groups in total. The smallest absolute Gasteiger partial charge is 0.156 e. The summed E-state index contributed by atoms with van der Waals surface area (Å²) >= 11 is 0. The molecule has 1 aliphatic heterocycles. The molecule has 3 atom stereocenters. The summed E-state index contributed by atoms with van der Waals surface area (Å²) in [4.78, 5) is 0. The van der Waals surface area contributed by atoms with Crippen molar-refractivity contribution in [2.75, 3.05) is 6.61 Å². The normalized spacial score (nSPS) is 22.4. The molecule has 1 heterocycles. The van der Waals surface area contributed by atoms with Gasteiger partial charge in [-0.1, -0.05) is 62.9 Å². The molecule has 0 radical (unpaired) electrons. The zero-order chi connectivity index (χ0) is 19.3. The summed E-state index contributed by atoms with van der Waals surface area (Å²) in [6.07, 6.45) is 2.17. The molecule has 27 heavy (non-hydrogen) atoms. The van der Waals surface area contributed by atoms with Gasteiger partial charge in [0.1, 0.15) is 18.0 Å². The van der Waals surface area contributed by atoms with E-state index in [-0.39, 0.29) is 18.1 Å². The van der Waals surface area contributed by atoms with Crippen molar-refractivity contribution >= 4 is 0 Å². The van der Waals surface area contributed by atoms with Gasteiger partial charge in [0.25, 0.3) is 0 Å². The van der Waals surface area contributed by atoms with Crippen molar-refractivity contribution in [1.29, 1.82) is 0 Å². The molecule has 3 rings (SSSR count). The van der Waals surface area contributed by atoms with E-state index in [1.54, 1.807) is 6.08 Å². The quantitative estimate of drug-likeness (QED) is 0.836. The molecule has 1 fully saturated rings. The van der Waals surface area contributed by atoms with Gasteiger partial charge in [-0.2, -0.15) is 0 Å². The third kappa shape index (κ3) is 5.23. The van der Waals surface area contributed by atoms with E-state index in [1.165, 1.54) is 5.56 Å². The Morgan fingerprint density at radius 3 is 2.44 bits per heavy atom. The van der Waals surface area contributed by atoms with Crippen molar-refractivity contribution in [2.45, 2.75) is 44.5 Å². The Hall–Kier alpha value is -2.54. The maximum absolute atomic E-state index is 10.2. The number of allylic oxidation sites excluding steroid dienone is 1. The van der Waals surface area contributed by atoms with Gasteiger partial charge in [-0.25, -0.2) is 0 Å². The van der Waals surface area contributed by atoms with E-state index >= 15 is 0 Å². The van der Waals surface area contributed by atoms with E-state index < -0.39 is 12.2 Å². The van der Waals surface area contributed by atoms with Gasteiger partial charge in [0, 0.05) is 5.56 Å². The Balaban J connectivity index is 1.65. The highest BCUT2D eigenvalue weighted by atomic mass is 16.6. The van der Waals surface area contributed by atoms with Crippen LogP contribution < -0.4 is 4.74 Å². The third-order valence-electron chi connectivity index (χ3n) is 4.51. The molecule has 2 aromatic rings. The first-order valence-electron chi connectivity index (χ1n) is 9.23.